The van der Waals surface area contributed by atoms with Crippen molar-refractivity contribution in [3.05, 3.63) is 192 Å². The first-order chi connectivity index (χ1) is 37.4. The standard InChI is InChI=1S/C60H34N8O8/c69-29-33-9-1-5-13-49(33)73-37-17-21-41-45(25-37)57-61-53(41)66-58-47-27-39(75-51-15-7-3-11-35(51)31-71)19-23-43(47)55(63-58)68-60-48-28-40(76-52-16-8-4-12-36(52)32-72)20-24-44(48)56(64-60)67-59-46-26-38(18-22-42(46)54(62-59)65-57)74-50-14-6-2-10-34(50)30-70/h1-32H,(H2,61,62,63,64,65,66,67,68). The second-order valence-electron chi connectivity index (χ2n) is 17.5. The van der Waals surface area contributed by atoms with Crippen molar-refractivity contribution in [2.45, 2.75) is 0 Å². The molecule has 0 spiro atoms. The number of aldehydes is 4. The number of hydrogen-bond acceptors (Lipinski definition) is 14. The van der Waals surface area contributed by atoms with Gasteiger partial charge in [0.25, 0.3) is 0 Å². The molecule has 3 aromatic heterocycles. The van der Waals surface area contributed by atoms with Crippen LogP contribution in [0.2, 0.25) is 0 Å². The molecule has 16 heteroatoms. The van der Waals surface area contributed by atoms with Crippen molar-refractivity contribution >= 4 is 69.3 Å². The number of nitrogens with zero attached hydrogens (tertiary/aromatic N) is 6. The summed E-state index contributed by atoms with van der Waals surface area (Å²) < 4.78 is 25.2. The minimum absolute atomic E-state index is 0.281. The van der Waals surface area contributed by atoms with E-state index in [1.807, 2.05) is 36.4 Å². The van der Waals surface area contributed by atoms with Gasteiger partial charge in [0.2, 0.25) is 0 Å². The largest absolute Gasteiger partial charge is 0.457 e. The minimum Gasteiger partial charge on any atom is -0.457 e. The van der Waals surface area contributed by atoms with E-state index in [2.05, 4.69) is 9.97 Å². The Labute approximate surface area is 429 Å². The highest BCUT2D eigenvalue weighted by Crippen LogP contribution is 2.42. The summed E-state index contributed by atoms with van der Waals surface area (Å²) in [6, 6.07) is 49.4. The molecule has 5 heterocycles. The van der Waals surface area contributed by atoms with Crippen molar-refractivity contribution in [1.82, 2.24) is 39.9 Å². The summed E-state index contributed by atoms with van der Waals surface area (Å²) in [5.74, 6) is 4.33. The van der Waals surface area contributed by atoms with Gasteiger partial charge < -0.3 is 28.9 Å². The van der Waals surface area contributed by atoms with Crippen molar-refractivity contribution < 1.29 is 38.1 Å². The SMILES string of the molecule is O=Cc1ccccc1Oc1ccc2c(c1)-c1nc-2nc2[nH]c(nc3nc(nc4[nH]c(n1)c1ccc(Oc5ccccc5C=O)cc41)-c1ccc(Oc4ccccc4C=O)cc1-3)c1ccc(Oc3ccccc3C=O)cc21. The van der Waals surface area contributed by atoms with E-state index < -0.39 is 0 Å². The fraction of sp³-hybridized carbons (Fsp3) is 0. The zero-order chi connectivity index (χ0) is 51.3. The molecular weight excluding hydrogens is 961 g/mol. The molecule has 0 saturated heterocycles. The Morgan fingerprint density at radius 3 is 0.921 bits per heavy atom. The summed E-state index contributed by atoms with van der Waals surface area (Å²) in [5.41, 5.74) is 5.41. The van der Waals surface area contributed by atoms with E-state index in [9.17, 15) is 19.2 Å². The first-order valence-corrected chi connectivity index (χ1v) is 23.7. The molecule has 2 aliphatic heterocycles. The zero-order valence-electron chi connectivity index (χ0n) is 39.4. The molecule has 0 fully saturated rings. The van der Waals surface area contributed by atoms with E-state index in [1.54, 1.807) is 133 Å². The molecule has 76 heavy (non-hydrogen) atoms. The number of nitrogens with one attached hydrogen (secondary N) is 2. The Morgan fingerprint density at radius 2 is 0.579 bits per heavy atom. The van der Waals surface area contributed by atoms with E-state index in [-0.39, 0.29) is 11.6 Å². The number of rotatable bonds is 12. The number of fused-ring (bicyclic) bond motifs is 20. The molecule has 0 atom stereocenters. The van der Waals surface area contributed by atoms with Crippen molar-refractivity contribution in [3.8, 4) is 91.5 Å². The lowest BCUT2D eigenvalue weighted by atomic mass is 10.1. The molecule has 362 valence electrons. The fourth-order valence-electron chi connectivity index (χ4n) is 9.16. The number of ether oxygens (including phenoxy) is 4. The van der Waals surface area contributed by atoms with Gasteiger partial charge in [-0.1, -0.05) is 48.5 Å². The molecule has 13 rings (SSSR count). The van der Waals surface area contributed by atoms with E-state index in [4.69, 9.17) is 48.9 Å². The van der Waals surface area contributed by atoms with Gasteiger partial charge in [0.15, 0.2) is 48.4 Å². The summed E-state index contributed by atoms with van der Waals surface area (Å²) in [6.45, 7) is 0. The van der Waals surface area contributed by atoms with Crippen LogP contribution in [0.1, 0.15) is 41.4 Å². The van der Waals surface area contributed by atoms with Crippen molar-refractivity contribution in [2.24, 2.45) is 0 Å². The Bertz CT molecular complexity index is 4150. The summed E-state index contributed by atoms with van der Waals surface area (Å²) >= 11 is 0. The Kier molecular flexibility index (Phi) is 11.0. The van der Waals surface area contributed by atoms with Crippen molar-refractivity contribution in [2.75, 3.05) is 0 Å². The highest BCUT2D eigenvalue weighted by atomic mass is 16.5. The molecule has 0 amide bonds. The molecule has 2 aliphatic rings. The topological polar surface area (TPSA) is 214 Å². The Balaban J connectivity index is 1.08. The summed E-state index contributed by atoms with van der Waals surface area (Å²) in [5, 5.41) is 2.50. The highest BCUT2D eigenvalue weighted by molar-refractivity contribution is 6.07. The zero-order valence-corrected chi connectivity index (χ0v) is 39.4. The van der Waals surface area contributed by atoms with Gasteiger partial charge in [0, 0.05) is 43.8 Å². The molecule has 11 aromatic rings. The highest BCUT2D eigenvalue weighted by Gasteiger charge is 2.25. The average Bonchev–Trinajstić information content (AvgIpc) is 4.19. The Morgan fingerprint density at radius 1 is 0.289 bits per heavy atom. The van der Waals surface area contributed by atoms with Gasteiger partial charge in [-0.3, -0.25) is 19.2 Å². The van der Waals surface area contributed by atoms with Gasteiger partial charge in [-0.25, -0.2) is 29.9 Å². The summed E-state index contributed by atoms with van der Waals surface area (Å²) in [4.78, 5) is 85.9. The van der Waals surface area contributed by atoms with Crippen LogP contribution in [0.4, 0.5) is 0 Å². The average molecular weight is 995 g/mol. The van der Waals surface area contributed by atoms with Crippen LogP contribution in [0.3, 0.4) is 0 Å². The molecule has 0 aliphatic carbocycles. The lowest BCUT2D eigenvalue weighted by Crippen LogP contribution is -1.91. The quantitative estimate of drug-likeness (QED) is 0.109. The molecule has 16 nitrogen and oxygen atoms in total. The van der Waals surface area contributed by atoms with Crippen molar-refractivity contribution in [1.29, 1.82) is 0 Å². The molecule has 8 aromatic carbocycles. The molecule has 0 saturated carbocycles. The van der Waals surface area contributed by atoms with E-state index in [0.29, 0.717) is 146 Å². The third-order valence-electron chi connectivity index (χ3n) is 12.8. The number of aromatic nitrogens is 8. The maximum atomic E-state index is 12.0. The second-order valence-corrected chi connectivity index (χ2v) is 17.5. The third-order valence-corrected chi connectivity index (χ3v) is 12.8. The smallest absolute Gasteiger partial charge is 0.164 e. The lowest BCUT2D eigenvalue weighted by Gasteiger charge is -2.09. The first kappa shape index (κ1) is 44.9. The number of carbonyl (C=O) groups is 4. The van der Waals surface area contributed by atoms with Gasteiger partial charge in [-0.15, -0.1) is 0 Å². The summed E-state index contributed by atoms with van der Waals surface area (Å²) in [6.07, 6.45) is 2.94. The predicted octanol–water partition coefficient (Wildman–Crippen LogP) is 13.3. The van der Waals surface area contributed by atoms with E-state index in [1.165, 1.54) is 0 Å². The molecule has 0 radical (unpaired) electrons. The number of hydrogen-bond donors (Lipinski definition) is 2. The van der Waals surface area contributed by atoms with Crippen LogP contribution < -0.4 is 18.9 Å². The van der Waals surface area contributed by atoms with Gasteiger partial charge in [0.05, 0.1) is 22.3 Å². The number of aromatic amines is 2. The van der Waals surface area contributed by atoms with E-state index in [0.717, 1.165) is 25.1 Å². The number of benzene rings is 8. The molecule has 8 bridgehead atoms. The number of H-pyrrole nitrogens is 2. The van der Waals surface area contributed by atoms with Crippen LogP contribution in [0.25, 0.3) is 89.7 Å². The van der Waals surface area contributed by atoms with Gasteiger partial charge in [-0.05, 0) is 121 Å². The van der Waals surface area contributed by atoms with Crippen molar-refractivity contribution in [3.63, 3.8) is 0 Å². The number of carbonyl (C=O) groups excluding carboxylic acids is 4. The van der Waals surface area contributed by atoms with Gasteiger partial charge in [-0.2, -0.15) is 0 Å². The lowest BCUT2D eigenvalue weighted by molar-refractivity contribution is 0.111. The first-order valence-electron chi connectivity index (χ1n) is 23.7. The maximum Gasteiger partial charge on any atom is 0.164 e. The predicted molar refractivity (Wildman–Crippen MR) is 284 cm³/mol. The van der Waals surface area contributed by atoms with Crippen LogP contribution in [0.15, 0.2) is 170 Å². The molecule has 2 N–H and O–H groups in total. The minimum atomic E-state index is 0.281. The molecular formula is C60H34N8O8. The summed E-state index contributed by atoms with van der Waals surface area (Å²) in [7, 11) is 0. The third kappa shape index (κ3) is 8.09. The van der Waals surface area contributed by atoms with Crippen LogP contribution in [-0.2, 0) is 0 Å². The van der Waals surface area contributed by atoms with Gasteiger partial charge >= 0.3 is 0 Å². The normalized spacial score (nSPS) is 11.4. The number of para-hydroxylation sites is 4. The monoisotopic (exact) mass is 994 g/mol. The van der Waals surface area contributed by atoms with E-state index >= 15 is 0 Å². The van der Waals surface area contributed by atoms with Crippen LogP contribution >= 0.6 is 0 Å². The Hall–Kier alpha value is -11.0. The molecule has 0 unspecified atom stereocenters. The van der Waals surface area contributed by atoms with Crippen LogP contribution in [0.5, 0.6) is 46.0 Å². The maximum absolute atomic E-state index is 12.0. The van der Waals surface area contributed by atoms with Crippen LogP contribution in [-0.4, -0.2) is 65.0 Å². The van der Waals surface area contributed by atoms with Crippen LogP contribution in [0, 0.1) is 0 Å². The second kappa shape index (κ2) is 18.6. The van der Waals surface area contributed by atoms with Gasteiger partial charge in [0.1, 0.15) is 68.6 Å². The fourth-order valence-corrected chi connectivity index (χ4v) is 9.16.